The Morgan fingerprint density at radius 2 is 2.13 bits per heavy atom. The number of hydrogen-bond acceptors (Lipinski definition) is 4. The number of phenolic OH excluding ortho intramolecular Hbond substituents is 1. The molecule has 1 heterocycles. The first kappa shape index (κ1) is 16.6. The second-order valence-electron chi connectivity index (χ2n) is 5.17. The predicted molar refractivity (Wildman–Crippen MR) is 87.1 cm³/mol. The average molecular weight is 316 g/mol. The van der Waals surface area contributed by atoms with Crippen molar-refractivity contribution in [1.29, 1.82) is 0 Å². The van der Waals surface area contributed by atoms with Gasteiger partial charge in [0.25, 0.3) is 5.91 Å². The Kier molecular flexibility index (Phi) is 5.05. The summed E-state index contributed by atoms with van der Waals surface area (Å²) in [5, 5.41) is 12.6. The van der Waals surface area contributed by atoms with Gasteiger partial charge in [-0.25, -0.2) is 4.79 Å². The van der Waals surface area contributed by atoms with Gasteiger partial charge in [-0.15, -0.1) is 6.58 Å². The number of urea groups is 1. The van der Waals surface area contributed by atoms with Gasteiger partial charge in [0.05, 0.1) is 7.11 Å². The molecular formula is C17H20N2O4. The molecule has 0 aromatic heterocycles. The normalized spacial score (nSPS) is 15.9. The molecule has 0 spiro atoms. The minimum absolute atomic E-state index is 0.0453. The Balaban J connectivity index is 2.39. The number of carbonyl (C=O) groups excluding carboxylic acids is 2. The van der Waals surface area contributed by atoms with Gasteiger partial charge in [-0.3, -0.25) is 9.69 Å². The maximum absolute atomic E-state index is 12.2. The number of carbonyl (C=O) groups is 2. The Labute approximate surface area is 135 Å². The second-order valence-corrected chi connectivity index (χ2v) is 5.17. The Morgan fingerprint density at radius 1 is 1.39 bits per heavy atom. The Hall–Kier alpha value is -2.76. The molecule has 1 aromatic carbocycles. The fraction of sp³-hybridized carbons (Fsp3) is 0.294. The van der Waals surface area contributed by atoms with Crippen molar-refractivity contribution in [1.82, 2.24) is 10.2 Å². The van der Waals surface area contributed by atoms with Gasteiger partial charge < -0.3 is 15.2 Å². The summed E-state index contributed by atoms with van der Waals surface area (Å²) in [4.78, 5) is 25.2. The monoisotopic (exact) mass is 316 g/mol. The van der Waals surface area contributed by atoms with E-state index < -0.39 is 6.03 Å². The van der Waals surface area contributed by atoms with Gasteiger partial charge in [0.2, 0.25) is 0 Å². The van der Waals surface area contributed by atoms with Crippen LogP contribution < -0.4 is 10.1 Å². The number of nitrogens with one attached hydrogen (secondary N) is 1. The van der Waals surface area contributed by atoms with Crippen molar-refractivity contribution >= 4 is 18.0 Å². The molecule has 1 fully saturated rings. The van der Waals surface area contributed by atoms with Crippen molar-refractivity contribution in [2.24, 2.45) is 0 Å². The van der Waals surface area contributed by atoms with E-state index in [9.17, 15) is 14.7 Å². The van der Waals surface area contributed by atoms with Crippen molar-refractivity contribution in [2.45, 2.75) is 19.8 Å². The van der Waals surface area contributed by atoms with Crippen molar-refractivity contribution in [2.75, 3.05) is 13.7 Å². The van der Waals surface area contributed by atoms with Crippen molar-refractivity contribution in [3.8, 4) is 11.5 Å². The van der Waals surface area contributed by atoms with E-state index >= 15 is 0 Å². The molecule has 1 aliphatic rings. The van der Waals surface area contributed by atoms with Crippen molar-refractivity contribution < 1.29 is 19.4 Å². The van der Waals surface area contributed by atoms with Crippen LogP contribution in [0.4, 0.5) is 4.79 Å². The zero-order chi connectivity index (χ0) is 17.0. The number of amides is 3. The van der Waals surface area contributed by atoms with Crippen LogP contribution in [0.2, 0.25) is 0 Å². The topological polar surface area (TPSA) is 78.9 Å². The number of ether oxygens (including phenoxy) is 1. The molecule has 23 heavy (non-hydrogen) atoms. The summed E-state index contributed by atoms with van der Waals surface area (Å²) in [6.07, 6.45) is 4.39. The van der Waals surface area contributed by atoms with E-state index in [-0.39, 0.29) is 17.4 Å². The molecule has 1 saturated heterocycles. The van der Waals surface area contributed by atoms with E-state index in [2.05, 4.69) is 11.9 Å². The van der Waals surface area contributed by atoms with Crippen LogP contribution >= 0.6 is 0 Å². The Bertz CT molecular complexity index is 679. The maximum atomic E-state index is 12.2. The number of aromatic hydroxyl groups is 1. The predicted octanol–water partition coefficient (Wildman–Crippen LogP) is 2.43. The first-order valence-electron chi connectivity index (χ1n) is 7.37. The van der Waals surface area contributed by atoms with Gasteiger partial charge in [-0.05, 0) is 36.6 Å². The lowest BCUT2D eigenvalue weighted by Crippen LogP contribution is -2.31. The van der Waals surface area contributed by atoms with Gasteiger partial charge in [-0.2, -0.15) is 0 Å². The van der Waals surface area contributed by atoms with Crippen LogP contribution in [0.25, 0.3) is 6.08 Å². The summed E-state index contributed by atoms with van der Waals surface area (Å²) in [6.45, 7) is 5.93. The molecule has 122 valence electrons. The van der Waals surface area contributed by atoms with Gasteiger partial charge in [0, 0.05) is 12.1 Å². The van der Waals surface area contributed by atoms with Gasteiger partial charge in [0.15, 0.2) is 11.5 Å². The van der Waals surface area contributed by atoms with Crippen LogP contribution in [0.15, 0.2) is 30.5 Å². The lowest BCUT2D eigenvalue weighted by atomic mass is 10.0. The summed E-state index contributed by atoms with van der Waals surface area (Å²) < 4.78 is 5.15. The molecular weight excluding hydrogens is 296 g/mol. The summed E-state index contributed by atoms with van der Waals surface area (Å²) in [7, 11) is 1.45. The van der Waals surface area contributed by atoms with E-state index in [0.29, 0.717) is 36.3 Å². The number of benzene rings is 1. The van der Waals surface area contributed by atoms with E-state index in [0.717, 1.165) is 0 Å². The van der Waals surface area contributed by atoms with Crippen LogP contribution in [0.5, 0.6) is 11.5 Å². The number of imide groups is 1. The van der Waals surface area contributed by atoms with Gasteiger partial charge in [0.1, 0.15) is 5.70 Å². The third kappa shape index (κ3) is 3.36. The molecule has 2 N–H and O–H groups in total. The van der Waals surface area contributed by atoms with Crippen LogP contribution in [0, 0.1) is 0 Å². The summed E-state index contributed by atoms with van der Waals surface area (Å²) in [6, 6.07) is 2.92. The molecule has 0 aliphatic carbocycles. The number of phenols is 1. The molecule has 0 saturated carbocycles. The van der Waals surface area contributed by atoms with E-state index in [4.69, 9.17) is 4.74 Å². The summed E-state index contributed by atoms with van der Waals surface area (Å²) in [5.41, 5.74) is 1.49. The number of nitrogens with zero attached hydrogens (tertiary/aromatic N) is 1. The number of allylic oxidation sites excluding steroid dienone is 1. The van der Waals surface area contributed by atoms with E-state index in [1.165, 1.54) is 12.0 Å². The third-order valence-corrected chi connectivity index (χ3v) is 3.48. The Morgan fingerprint density at radius 3 is 2.74 bits per heavy atom. The van der Waals surface area contributed by atoms with E-state index in [1.54, 1.807) is 24.3 Å². The van der Waals surface area contributed by atoms with Crippen LogP contribution in [-0.4, -0.2) is 35.6 Å². The first-order valence-corrected chi connectivity index (χ1v) is 7.37. The standard InChI is InChI=1S/C17H20N2O4/c1-4-6-12-8-11(10-14(23-3)15(12)20)9-13-16(21)19(7-5-2)17(22)18-13/h4,8-10,20H,1,5-7H2,2-3H3,(H,18,22)/b13-9+. The molecule has 0 unspecified atom stereocenters. The third-order valence-electron chi connectivity index (χ3n) is 3.48. The molecule has 6 heteroatoms. The van der Waals surface area contributed by atoms with Crippen molar-refractivity contribution in [3.05, 3.63) is 41.6 Å². The molecule has 2 rings (SSSR count). The van der Waals surface area contributed by atoms with Crippen LogP contribution in [-0.2, 0) is 11.2 Å². The summed E-state index contributed by atoms with van der Waals surface area (Å²) >= 11 is 0. The quantitative estimate of drug-likeness (QED) is 0.480. The molecule has 0 bridgehead atoms. The summed E-state index contributed by atoms with van der Waals surface area (Å²) in [5.74, 6) is -0.00325. The minimum Gasteiger partial charge on any atom is -0.504 e. The zero-order valence-corrected chi connectivity index (χ0v) is 13.3. The van der Waals surface area contributed by atoms with E-state index in [1.807, 2.05) is 6.92 Å². The highest BCUT2D eigenvalue weighted by Crippen LogP contribution is 2.33. The lowest BCUT2D eigenvalue weighted by molar-refractivity contribution is -0.122. The number of rotatable bonds is 6. The molecule has 6 nitrogen and oxygen atoms in total. The molecule has 3 amide bonds. The highest BCUT2D eigenvalue weighted by Gasteiger charge is 2.32. The van der Waals surface area contributed by atoms with Gasteiger partial charge in [-0.1, -0.05) is 13.0 Å². The maximum Gasteiger partial charge on any atom is 0.329 e. The highest BCUT2D eigenvalue weighted by atomic mass is 16.5. The largest absolute Gasteiger partial charge is 0.504 e. The molecule has 0 atom stereocenters. The fourth-order valence-corrected chi connectivity index (χ4v) is 2.40. The van der Waals surface area contributed by atoms with Crippen LogP contribution in [0.1, 0.15) is 24.5 Å². The smallest absolute Gasteiger partial charge is 0.329 e. The molecule has 0 radical (unpaired) electrons. The highest BCUT2D eigenvalue weighted by molar-refractivity contribution is 6.13. The average Bonchev–Trinajstić information content (AvgIpc) is 2.78. The molecule has 1 aromatic rings. The minimum atomic E-state index is -0.417. The number of methoxy groups -OCH3 is 1. The lowest BCUT2D eigenvalue weighted by Gasteiger charge is -2.10. The fourth-order valence-electron chi connectivity index (χ4n) is 2.40. The zero-order valence-electron chi connectivity index (χ0n) is 13.3. The number of hydrogen-bond donors (Lipinski definition) is 2. The van der Waals surface area contributed by atoms with Gasteiger partial charge >= 0.3 is 6.03 Å². The van der Waals surface area contributed by atoms with Crippen molar-refractivity contribution in [3.63, 3.8) is 0 Å². The molecule has 1 aliphatic heterocycles. The SMILES string of the molecule is C=CCc1cc(/C=C2/NC(=O)N(CCC)C2=O)cc(OC)c1O. The van der Waals surface area contributed by atoms with Crippen LogP contribution in [0.3, 0.4) is 0 Å². The first-order chi connectivity index (χ1) is 11.0. The second kappa shape index (κ2) is 7.00.